The third-order valence-electron chi connectivity index (χ3n) is 6.46. The van der Waals surface area contributed by atoms with Crippen LogP contribution in [0.5, 0.6) is 5.75 Å². The third kappa shape index (κ3) is 4.52. The quantitative estimate of drug-likeness (QED) is 0.605. The Morgan fingerprint density at radius 1 is 0.931 bits per heavy atom. The summed E-state index contributed by atoms with van der Waals surface area (Å²) in [6, 6.07) is 19.0. The summed E-state index contributed by atoms with van der Waals surface area (Å²) in [5, 5.41) is 2.78. The van der Waals surface area contributed by atoms with E-state index in [4.69, 9.17) is 14.0 Å². The van der Waals surface area contributed by atoms with Crippen LogP contribution in [-0.2, 0) is 9.31 Å². The first-order chi connectivity index (χ1) is 13.6. The van der Waals surface area contributed by atoms with Gasteiger partial charge in [0.25, 0.3) is 0 Å². The molecule has 1 heterocycles. The van der Waals surface area contributed by atoms with Gasteiger partial charge < -0.3 is 14.0 Å². The highest BCUT2D eigenvalue weighted by Crippen LogP contribution is 2.40. The molecule has 0 aliphatic carbocycles. The van der Waals surface area contributed by atoms with E-state index in [1.165, 1.54) is 10.4 Å². The molecule has 0 radical (unpaired) electrons. The van der Waals surface area contributed by atoms with E-state index >= 15 is 0 Å². The highest BCUT2D eigenvalue weighted by atomic mass is 28.3. The molecule has 0 bridgehead atoms. The summed E-state index contributed by atoms with van der Waals surface area (Å²) in [6.45, 7) is 13.2. The summed E-state index contributed by atoms with van der Waals surface area (Å²) in [7, 11) is -0.473. The van der Waals surface area contributed by atoms with E-state index in [0.29, 0.717) is 0 Å². The molecule has 1 fully saturated rings. The second kappa shape index (κ2) is 8.13. The van der Waals surface area contributed by atoms with Crippen LogP contribution in [0.25, 0.3) is 6.08 Å². The minimum atomic E-state index is -1.94. The van der Waals surface area contributed by atoms with E-state index in [0.717, 1.165) is 17.6 Å². The Morgan fingerprint density at radius 2 is 1.48 bits per heavy atom. The lowest BCUT2D eigenvalue weighted by Gasteiger charge is -2.32. The molecule has 5 heteroatoms. The molecule has 0 amide bonds. The van der Waals surface area contributed by atoms with Crippen molar-refractivity contribution in [1.29, 1.82) is 0 Å². The van der Waals surface area contributed by atoms with Gasteiger partial charge in [0.05, 0.1) is 18.3 Å². The lowest BCUT2D eigenvalue weighted by Crippen LogP contribution is -2.45. The van der Waals surface area contributed by atoms with Gasteiger partial charge in [-0.15, -0.1) is 0 Å². The maximum Gasteiger partial charge on any atom is 0.461 e. The molecule has 2 aromatic carbocycles. The minimum Gasteiger partial charge on any atom is -0.496 e. The zero-order chi connectivity index (χ0) is 21.3. The molecule has 29 heavy (non-hydrogen) atoms. The fourth-order valence-electron chi connectivity index (χ4n) is 3.74. The van der Waals surface area contributed by atoms with Crippen LogP contribution in [0.15, 0.2) is 59.8 Å². The number of hydrogen-bond acceptors (Lipinski definition) is 3. The molecule has 0 spiro atoms. The molecule has 3 nitrogen and oxygen atoms in total. The predicted octanol–water partition coefficient (Wildman–Crippen LogP) is 5.33. The van der Waals surface area contributed by atoms with Crippen molar-refractivity contribution in [3.05, 3.63) is 65.4 Å². The number of ether oxygens (including phenoxy) is 1. The predicted molar refractivity (Wildman–Crippen MR) is 125 cm³/mol. The van der Waals surface area contributed by atoms with Crippen molar-refractivity contribution in [3.63, 3.8) is 0 Å². The second-order valence-electron chi connectivity index (χ2n) is 9.29. The summed E-state index contributed by atoms with van der Waals surface area (Å²) in [5.41, 5.74) is 0.440. The van der Waals surface area contributed by atoms with Gasteiger partial charge in [-0.2, -0.15) is 0 Å². The summed E-state index contributed by atoms with van der Waals surface area (Å²) in [5.74, 6) is 0.886. The van der Waals surface area contributed by atoms with Crippen LogP contribution < -0.4 is 9.92 Å². The Balaban J connectivity index is 2.02. The molecule has 154 valence electrons. The topological polar surface area (TPSA) is 27.7 Å². The largest absolute Gasteiger partial charge is 0.496 e. The molecule has 0 aromatic heterocycles. The molecule has 0 atom stereocenters. The molecule has 0 unspecified atom stereocenters. The molecule has 1 aliphatic rings. The fraction of sp³-hybridized carbons (Fsp3) is 0.417. The zero-order valence-electron chi connectivity index (χ0n) is 18.8. The second-order valence-corrected chi connectivity index (χ2v) is 13.8. The van der Waals surface area contributed by atoms with Crippen LogP contribution in [0.2, 0.25) is 19.4 Å². The average molecular weight is 408 g/mol. The summed E-state index contributed by atoms with van der Waals surface area (Å²) in [4.78, 5) is 0. The van der Waals surface area contributed by atoms with Gasteiger partial charge >= 0.3 is 7.12 Å². The zero-order valence-corrected chi connectivity index (χ0v) is 19.8. The Labute approximate surface area is 177 Å². The number of rotatable bonds is 6. The van der Waals surface area contributed by atoms with Crippen LogP contribution in [-0.4, -0.2) is 33.5 Å². The van der Waals surface area contributed by atoms with E-state index in [9.17, 15) is 0 Å². The first-order valence-corrected chi connectivity index (χ1v) is 13.3. The normalized spacial score (nSPS) is 18.7. The van der Waals surface area contributed by atoms with Gasteiger partial charge in [-0.3, -0.25) is 0 Å². The molecular formula is C24H33BO3Si. The van der Waals surface area contributed by atoms with Crippen molar-refractivity contribution in [3.8, 4) is 5.75 Å². The van der Waals surface area contributed by atoms with Crippen LogP contribution >= 0.6 is 0 Å². The van der Waals surface area contributed by atoms with E-state index in [2.05, 4.69) is 89.3 Å². The summed E-state index contributed by atoms with van der Waals surface area (Å²) >= 11 is 0. The van der Waals surface area contributed by atoms with Gasteiger partial charge in [0, 0.05) is 11.9 Å². The smallest absolute Gasteiger partial charge is 0.461 e. The highest BCUT2D eigenvalue weighted by Gasteiger charge is 2.51. The van der Waals surface area contributed by atoms with Gasteiger partial charge in [-0.25, -0.2) is 0 Å². The van der Waals surface area contributed by atoms with Gasteiger partial charge in [0.2, 0.25) is 0 Å². The third-order valence-corrected chi connectivity index (χ3v) is 10.2. The maximum atomic E-state index is 6.35. The Hall–Kier alpha value is -1.82. The molecular weight excluding hydrogens is 375 g/mol. The van der Waals surface area contributed by atoms with Crippen LogP contribution in [0, 0.1) is 0 Å². The summed E-state index contributed by atoms with van der Waals surface area (Å²) < 4.78 is 18.3. The number of para-hydroxylation sites is 1. The fourth-order valence-corrected chi connectivity index (χ4v) is 6.33. The molecule has 0 N–H and O–H groups in total. The first kappa shape index (κ1) is 21.9. The van der Waals surface area contributed by atoms with E-state index in [-0.39, 0.29) is 18.3 Å². The van der Waals surface area contributed by atoms with Gasteiger partial charge in [-0.1, -0.05) is 78.1 Å². The average Bonchev–Trinajstić information content (AvgIpc) is 2.88. The molecule has 1 aliphatic heterocycles. The number of methoxy groups -OCH3 is 1. The Bertz CT molecular complexity index is 859. The van der Waals surface area contributed by atoms with Crippen LogP contribution in [0.3, 0.4) is 0 Å². The Kier molecular flexibility index (Phi) is 6.14. The van der Waals surface area contributed by atoms with Crippen LogP contribution in [0.4, 0.5) is 0 Å². The van der Waals surface area contributed by atoms with Crippen molar-refractivity contribution < 1.29 is 14.0 Å². The van der Waals surface area contributed by atoms with Gasteiger partial charge in [-0.05, 0) is 33.8 Å². The SMILES string of the molecule is COc1ccccc1/C=C(/CB1OC(C)(C)C(C)(C)O1)[Si](C)(C)c1ccccc1. The van der Waals surface area contributed by atoms with Crippen molar-refractivity contribution in [2.24, 2.45) is 0 Å². The van der Waals surface area contributed by atoms with Crippen LogP contribution in [0.1, 0.15) is 33.3 Å². The highest BCUT2D eigenvalue weighted by molar-refractivity contribution is 6.96. The minimum absolute atomic E-state index is 0.253. The summed E-state index contributed by atoms with van der Waals surface area (Å²) in [6.07, 6.45) is 3.04. The lowest BCUT2D eigenvalue weighted by atomic mass is 9.84. The van der Waals surface area contributed by atoms with Crippen molar-refractivity contribution in [2.75, 3.05) is 7.11 Å². The van der Waals surface area contributed by atoms with Crippen molar-refractivity contribution in [1.82, 2.24) is 0 Å². The van der Waals surface area contributed by atoms with E-state index < -0.39 is 8.07 Å². The number of benzene rings is 2. The molecule has 1 saturated heterocycles. The monoisotopic (exact) mass is 408 g/mol. The van der Waals surface area contributed by atoms with Gasteiger partial charge in [0.1, 0.15) is 13.8 Å². The molecule has 3 rings (SSSR count). The standard InChI is InChI=1S/C24H33BO3Si/c1-23(2)24(3,4)28-25(27-23)18-21(17-19-13-11-12-16-22(19)26-5)29(6,7)20-14-9-8-10-15-20/h8-17H,18H2,1-7H3/b21-17-. The maximum absolute atomic E-state index is 6.35. The Morgan fingerprint density at radius 3 is 2.07 bits per heavy atom. The van der Waals surface area contributed by atoms with Crippen molar-refractivity contribution in [2.45, 2.75) is 58.3 Å². The lowest BCUT2D eigenvalue weighted by molar-refractivity contribution is 0.00578. The molecule has 0 saturated carbocycles. The number of allylic oxidation sites excluding steroid dienone is 1. The molecule has 2 aromatic rings. The van der Waals surface area contributed by atoms with E-state index in [1.807, 2.05) is 12.1 Å². The van der Waals surface area contributed by atoms with Gasteiger partial charge in [0.15, 0.2) is 0 Å². The first-order valence-electron chi connectivity index (χ1n) is 10.3. The number of hydrogen-bond donors (Lipinski definition) is 0. The van der Waals surface area contributed by atoms with E-state index in [1.54, 1.807) is 7.11 Å². The van der Waals surface area contributed by atoms with Crippen molar-refractivity contribution >= 4 is 26.5 Å².